The summed E-state index contributed by atoms with van der Waals surface area (Å²) in [6, 6.07) is 4.46. The average Bonchev–Trinajstić information content (AvgIpc) is 3.06. The summed E-state index contributed by atoms with van der Waals surface area (Å²) in [5.41, 5.74) is 8.31. The van der Waals surface area contributed by atoms with Gasteiger partial charge in [-0.05, 0) is 77.1 Å². The molecule has 112 valence electrons. The van der Waals surface area contributed by atoms with Gasteiger partial charge in [-0.1, -0.05) is 40.3 Å². The van der Waals surface area contributed by atoms with Crippen LogP contribution >= 0.6 is 0 Å². The van der Waals surface area contributed by atoms with Crippen molar-refractivity contribution in [2.75, 3.05) is 0 Å². The van der Waals surface area contributed by atoms with Gasteiger partial charge >= 0.3 is 0 Å². The fourth-order valence-corrected chi connectivity index (χ4v) is 2.60. The fourth-order valence-electron chi connectivity index (χ4n) is 2.60. The van der Waals surface area contributed by atoms with Gasteiger partial charge in [0.25, 0.3) is 0 Å². The molecule has 0 radical (unpaired) electrons. The van der Waals surface area contributed by atoms with Crippen LogP contribution in [0.15, 0.2) is 30.4 Å². The van der Waals surface area contributed by atoms with E-state index < -0.39 is 0 Å². The van der Waals surface area contributed by atoms with Crippen LogP contribution < -0.4 is 0 Å². The Hall–Kier alpha value is -1.63. The molecule has 1 aliphatic carbocycles. The van der Waals surface area contributed by atoms with Crippen molar-refractivity contribution in [3.05, 3.63) is 52.6 Å². The normalized spacial score (nSPS) is 15.7. The molecule has 1 atom stereocenters. The second-order valence-electron chi connectivity index (χ2n) is 7.50. The van der Waals surface area contributed by atoms with Crippen molar-refractivity contribution in [3.63, 3.8) is 0 Å². The lowest BCUT2D eigenvalue weighted by Gasteiger charge is -2.28. The summed E-state index contributed by atoms with van der Waals surface area (Å²) in [4.78, 5) is 0. The Labute approximate surface area is 129 Å². The average molecular weight is 281 g/mol. The number of hydrogen-bond donors (Lipinski definition) is 1. The molecule has 0 saturated heterocycles. The summed E-state index contributed by atoms with van der Waals surface area (Å²) in [6.45, 7) is 17.2. The highest BCUT2D eigenvalue weighted by Crippen LogP contribution is 2.40. The van der Waals surface area contributed by atoms with Crippen molar-refractivity contribution < 1.29 is 0 Å². The third kappa shape index (κ3) is 3.34. The van der Waals surface area contributed by atoms with Crippen molar-refractivity contribution in [1.29, 1.82) is 5.41 Å². The van der Waals surface area contributed by atoms with Crippen LogP contribution in [0.3, 0.4) is 0 Å². The summed E-state index contributed by atoms with van der Waals surface area (Å²) in [5.74, 6) is 0.588. The molecule has 0 heterocycles. The van der Waals surface area contributed by atoms with Crippen molar-refractivity contribution in [2.24, 2.45) is 11.3 Å². The summed E-state index contributed by atoms with van der Waals surface area (Å²) < 4.78 is 0. The van der Waals surface area contributed by atoms with Gasteiger partial charge in [0, 0.05) is 5.71 Å². The van der Waals surface area contributed by atoms with E-state index in [-0.39, 0.29) is 5.41 Å². The first-order chi connectivity index (χ1) is 9.61. The van der Waals surface area contributed by atoms with Crippen molar-refractivity contribution in [2.45, 2.75) is 48.0 Å². The second-order valence-corrected chi connectivity index (χ2v) is 7.50. The summed E-state index contributed by atoms with van der Waals surface area (Å²) in [7, 11) is 0. The number of hydrogen-bond acceptors (Lipinski definition) is 1. The van der Waals surface area contributed by atoms with Crippen LogP contribution in [0.2, 0.25) is 0 Å². The van der Waals surface area contributed by atoms with Gasteiger partial charge in [0.1, 0.15) is 0 Å². The third-order valence-electron chi connectivity index (χ3n) is 4.73. The maximum atomic E-state index is 7.98. The fraction of sp³-hybridized carbons (Fsp3) is 0.450. The van der Waals surface area contributed by atoms with Crippen LogP contribution in [-0.4, -0.2) is 5.71 Å². The molecular weight excluding hydrogens is 254 g/mol. The van der Waals surface area contributed by atoms with Crippen molar-refractivity contribution >= 4 is 11.3 Å². The molecule has 1 aromatic rings. The zero-order valence-electron chi connectivity index (χ0n) is 14.2. The lowest BCUT2D eigenvalue weighted by atomic mass is 9.77. The molecule has 1 N–H and O–H groups in total. The third-order valence-corrected chi connectivity index (χ3v) is 4.73. The minimum absolute atomic E-state index is 0.289. The first-order valence-corrected chi connectivity index (χ1v) is 7.71. The van der Waals surface area contributed by atoms with E-state index in [1.165, 1.54) is 22.3 Å². The van der Waals surface area contributed by atoms with Gasteiger partial charge in [0.05, 0.1) is 0 Å². The topological polar surface area (TPSA) is 23.9 Å². The van der Waals surface area contributed by atoms with E-state index in [1.807, 2.05) is 6.92 Å². The molecule has 2 rings (SSSR count). The van der Waals surface area contributed by atoms with Crippen LogP contribution in [0.25, 0.3) is 5.57 Å². The Bertz CT molecular complexity index is 639. The Morgan fingerprint density at radius 3 is 2.29 bits per heavy atom. The standard InChI is InChI=1S/C20H27N/c1-12-9-19(18-8-13(18)2)16(11-17(12)15(4)21)10-14(3)20(5,6)7/h8-9,11,14,21H,2,10H2,1,3-7H3. The van der Waals surface area contributed by atoms with Gasteiger partial charge in [-0.2, -0.15) is 0 Å². The molecule has 1 aliphatic rings. The van der Waals surface area contributed by atoms with Gasteiger partial charge < -0.3 is 5.41 Å². The van der Waals surface area contributed by atoms with Crippen molar-refractivity contribution in [3.8, 4) is 0 Å². The monoisotopic (exact) mass is 281 g/mol. The molecule has 0 aromatic heterocycles. The van der Waals surface area contributed by atoms with E-state index in [1.54, 1.807) is 0 Å². The highest BCUT2D eigenvalue weighted by atomic mass is 14.4. The Balaban J connectivity index is 2.46. The molecular formula is C20H27N. The molecule has 0 amide bonds. The zero-order chi connectivity index (χ0) is 15.9. The van der Waals surface area contributed by atoms with Crippen LogP contribution in [0.4, 0.5) is 0 Å². The molecule has 1 aromatic carbocycles. The SMILES string of the molecule is C=C1C=C1c1cc(C)c(C(C)=N)cc1CC(C)C(C)(C)C. The van der Waals surface area contributed by atoms with Crippen LogP contribution in [0, 0.1) is 23.7 Å². The molecule has 0 spiro atoms. The lowest BCUT2D eigenvalue weighted by molar-refractivity contribution is 0.260. The van der Waals surface area contributed by atoms with E-state index >= 15 is 0 Å². The molecule has 1 heteroatoms. The highest BCUT2D eigenvalue weighted by Gasteiger charge is 2.25. The first kappa shape index (κ1) is 15.8. The molecule has 21 heavy (non-hydrogen) atoms. The van der Waals surface area contributed by atoms with E-state index in [4.69, 9.17) is 5.41 Å². The molecule has 1 unspecified atom stereocenters. The minimum atomic E-state index is 0.289. The maximum Gasteiger partial charge on any atom is 0.0357 e. The summed E-state index contributed by atoms with van der Waals surface area (Å²) >= 11 is 0. The van der Waals surface area contributed by atoms with Gasteiger partial charge in [-0.25, -0.2) is 0 Å². The number of aryl methyl sites for hydroxylation is 1. The number of benzene rings is 1. The maximum absolute atomic E-state index is 7.98. The van der Waals surface area contributed by atoms with E-state index in [9.17, 15) is 0 Å². The van der Waals surface area contributed by atoms with E-state index in [0.29, 0.717) is 11.6 Å². The largest absolute Gasteiger partial charge is 0.305 e. The van der Waals surface area contributed by atoms with Gasteiger partial charge in [-0.15, -0.1) is 0 Å². The van der Waals surface area contributed by atoms with Crippen LogP contribution in [0.5, 0.6) is 0 Å². The smallest absolute Gasteiger partial charge is 0.0357 e. The molecule has 0 bridgehead atoms. The van der Waals surface area contributed by atoms with E-state index in [0.717, 1.165) is 17.6 Å². The first-order valence-electron chi connectivity index (χ1n) is 7.71. The predicted molar refractivity (Wildman–Crippen MR) is 93.1 cm³/mol. The highest BCUT2D eigenvalue weighted by molar-refractivity contribution is 6.01. The molecule has 1 nitrogen and oxygen atoms in total. The number of nitrogens with one attached hydrogen (secondary N) is 1. The molecule has 0 fully saturated rings. The predicted octanol–water partition coefficient (Wildman–Crippen LogP) is 5.56. The quantitative estimate of drug-likeness (QED) is 0.699. The van der Waals surface area contributed by atoms with Gasteiger partial charge in [-0.3, -0.25) is 0 Å². The number of allylic oxidation sites excluding steroid dienone is 3. The number of rotatable bonds is 4. The lowest BCUT2D eigenvalue weighted by Crippen LogP contribution is -2.20. The van der Waals surface area contributed by atoms with Crippen LogP contribution in [0.1, 0.15) is 56.9 Å². The Kier molecular flexibility index (Phi) is 3.97. The molecule has 0 saturated carbocycles. The second kappa shape index (κ2) is 5.29. The van der Waals surface area contributed by atoms with Gasteiger partial charge in [0.15, 0.2) is 0 Å². The summed E-state index contributed by atoms with van der Waals surface area (Å²) in [5, 5.41) is 7.98. The molecule has 0 aliphatic heterocycles. The Morgan fingerprint density at radius 2 is 1.86 bits per heavy atom. The minimum Gasteiger partial charge on any atom is -0.305 e. The van der Waals surface area contributed by atoms with Gasteiger partial charge in [0.2, 0.25) is 0 Å². The van der Waals surface area contributed by atoms with Crippen molar-refractivity contribution in [1.82, 2.24) is 0 Å². The Morgan fingerprint density at radius 1 is 1.29 bits per heavy atom. The van der Waals surface area contributed by atoms with Crippen LogP contribution in [-0.2, 0) is 6.42 Å². The van der Waals surface area contributed by atoms with E-state index in [2.05, 4.69) is 59.4 Å². The zero-order valence-corrected chi connectivity index (χ0v) is 14.2. The summed E-state index contributed by atoms with van der Waals surface area (Å²) in [6.07, 6.45) is 3.20.